The van der Waals surface area contributed by atoms with Crippen LogP contribution >= 0.6 is 8.60 Å². The Bertz CT molecular complexity index is 814. The molecule has 0 spiro atoms. The van der Waals surface area contributed by atoms with Crippen LogP contribution in [0, 0.1) is 13.8 Å². The third kappa shape index (κ3) is 5.48. The van der Waals surface area contributed by atoms with E-state index < -0.39 is 8.60 Å². The Labute approximate surface area is 162 Å². The number of para-hydroxylation sites is 2. The van der Waals surface area contributed by atoms with E-state index in [0.717, 1.165) is 41.2 Å². The summed E-state index contributed by atoms with van der Waals surface area (Å²) >= 11 is 0. The average Bonchev–Trinajstić information content (AvgIpc) is 2.67. The molecule has 0 heterocycles. The fourth-order valence-corrected chi connectivity index (χ4v) is 3.76. The Morgan fingerprint density at radius 3 is 1.67 bits per heavy atom. The molecular weight excluding hydrogens is 355 g/mol. The topological polar surface area (TPSA) is 27.7 Å². The summed E-state index contributed by atoms with van der Waals surface area (Å²) in [4.78, 5) is 0. The van der Waals surface area contributed by atoms with E-state index in [-0.39, 0.29) is 0 Å². The maximum Gasteiger partial charge on any atom is 0.530 e. The zero-order valence-electron chi connectivity index (χ0n) is 16.0. The van der Waals surface area contributed by atoms with Crippen molar-refractivity contribution in [3.05, 3.63) is 89.5 Å². The average molecular weight is 380 g/mol. The summed E-state index contributed by atoms with van der Waals surface area (Å²) in [7, 11) is -1.64. The minimum absolute atomic E-state index is 0.739. The smallest absolute Gasteiger partial charge is 0.409 e. The van der Waals surface area contributed by atoms with Gasteiger partial charge in [0.1, 0.15) is 17.2 Å². The van der Waals surface area contributed by atoms with Gasteiger partial charge in [0.2, 0.25) is 0 Å². The molecule has 3 rings (SSSR count). The molecule has 3 aromatic carbocycles. The SMILES string of the molecule is CCCc1ccc(OP(Oc2ccccc2C)Oc2ccccc2C)cc1. The van der Waals surface area contributed by atoms with Gasteiger partial charge in [-0.2, -0.15) is 0 Å². The van der Waals surface area contributed by atoms with Crippen LogP contribution in [-0.2, 0) is 6.42 Å². The second-order valence-electron chi connectivity index (χ2n) is 6.42. The van der Waals surface area contributed by atoms with E-state index >= 15 is 0 Å². The van der Waals surface area contributed by atoms with Gasteiger partial charge in [0.05, 0.1) is 0 Å². The molecule has 0 saturated carbocycles. The second-order valence-corrected chi connectivity index (χ2v) is 7.42. The normalized spacial score (nSPS) is 10.7. The first kappa shape index (κ1) is 19.3. The van der Waals surface area contributed by atoms with Crippen LogP contribution in [0.4, 0.5) is 0 Å². The van der Waals surface area contributed by atoms with Crippen molar-refractivity contribution in [1.82, 2.24) is 0 Å². The van der Waals surface area contributed by atoms with E-state index in [2.05, 4.69) is 19.1 Å². The largest absolute Gasteiger partial charge is 0.530 e. The summed E-state index contributed by atoms with van der Waals surface area (Å²) in [5.41, 5.74) is 3.38. The van der Waals surface area contributed by atoms with Crippen LogP contribution in [0.25, 0.3) is 0 Å². The third-order valence-corrected chi connectivity index (χ3v) is 5.23. The summed E-state index contributed by atoms with van der Waals surface area (Å²) in [6.45, 7) is 6.20. The molecule has 0 aliphatic rings. The molecule has 0 atom stereocenters. The minimum Gasteiger partial charge on any atom is -0.409 e. The predicted octanol–water partition coefficient (Wildman–Crippen LogP) is 7.02. The van der Waals surface area contributed by atoms with Gasteiger partial charge in [0, 0.05) is 0 Å². The van der Waals surface area contributed by atoms with Gasteiger partial charge < -0.3 is 13.6 Å². The summed E-state index contributed by atoms with van der Waals surface area (Å²) in [5, 5.41) is 0. The summed E-state index contributed by atoms with van der Waals surface area (Å²) in [6, 6.07) is 23.9. The molecule has 0 aliphatic carbocycles. The Hall–Kier alpha value is -2.51. The van der Waals surface area contributed by atoms with Crippen LogP contribution in [0.1, 0.15) is 30.0 Å². The lowest BCUT2D eigenvalue weighted by molar-refractivity contribution is 0.386. The number of rotatable bonds is 8. The highest BCUT2D eigenvalue weighted by Gasteiger charge is 2.21. The zero-order valence-corrected chi connectivity index (χ0v) is 16.9. The van der Waals surface area contributed by atoms with E-state index in [0.29, 0.717) is 0 Å². The number of aryl methyl sites for hydroxylation is 3. The first-order valence-electron chi connectivity index (χ1n) is 9.20. The van der Waals surface area contributed by atoms with Crippen LogP contribution in [0.15, 0.2) is 72.8 Å². The summed E-state index contributed by atoms with van der Waals surface area (Å²) < 4.78 is 18.3. The zero-order chi connectivity index (χ0) is 19.1. The van der Waals surface area contributed by atoms with Crippen molar-refractivity contribution in [3.8, 4) is 17.2 Å². The van der Waals surface area contributed by atoms with Gasteiger partial charge in [-0.05, 0) is 61.2 Å². The molecule has 0 fully saturated rings. The molecule has 4 heteroatoms. The maximum absolute atomic E-state index is 6.11. The number of hydrogen-bond donors (Lipinski definition) is 0. The van der Waals surface area contributed by atoms with Gasteiger partial charge in [0.25, 0.3) is 0 Å². The highest BCUT2D eigenvalue weighted by Crippen LogP contribution is 2.43. The lowest BCUT2D eigenvalue weighted by Crippen LogP contribution is -2.04. The second kappa shape index (κ2) is 9.43. The van der Waals surface area contributed by atoms with Gasteiger partial charge in [-0.25, -0.2) is 0 Å². The van der Waals surface area contributed by atoms with Gasteiger partial charge in [-0.1, -0.05) is 61.9 Å². The van der Waals surface area contributed by atoms with Crippen LogP contribution in [0.2, 0.25) is 0 Å². The van der Waals surface area contributed by atoms with E-state index in [9.17, 15) is 0 Å². The molecule has 0 aromatic heterocycles. The highest BCUT2D eigenvalue weighted by atomic mass is 31.2. The third-order valence-electron chi connectivity index (χ3n) is 4.17. The lowest BCUT2D eigenvalue weighted by Gasteiger charge is -2.19. The van der Waals surface area contributed by atoms with Crippen molar-refractivity contribution >= 4 is 8.60 Å². The lowest BCUT2D eigenvalue weighted by atomic mass is 10.1. The summed E-state index contributed by atoms with van der Waals surface area (Å²) in [6.07, 6.45) is 2.19. The van der Waals surface area contributed by atoms with Crippen molar-refractivity contribution in [1.29, 1.82) is 0 Å². The number of hydrogen-bond acceptors (Lipinski definition) is 3. The summed E-state index contributed by atoms with van der Waals surface area (Å²) in [5.74, 6) is 2.27. The molecular formula is C23H25O3P. The number of benzene rings is 3. The van der Waals surface area contributed by atoms with Crippen molar-refractivity contribution in [2.75, 3.05) is 0 Å². The standard InChI is InChI=1S/C23H25O3P/c1-4-9-20-14-16-21(17-15-20)24-27(25-22-12-7-5-10-18(22)2)26-23-13-8-6-11-19(23)3/h5-8,10-17H,4,9H2,1-3H3. The molecule has 0 aliphatic heterocycles. The van der Waals surface area contributed by atoms with Crippen molar-refractivity contribution in [2.24, 2.45) is 0 Å². The van der Waals surface area contributed by atoms with Gasteiger partial charge >= 0.3 is 8.60 Å². The van der Waals surface area contributed by atoms with Crippen LogP contribution in [0.5, 0.6) is 17.2 Å². The Balaban J connectivity index is 1.80. The van der Waals surface area contributed by atoms with Crippen LogP contribution < -0.4 is 13.6 Å². The molecule has 0 bridgehead atoms. The highest BCUT2D eigenvalue weighted by molar-refractivity contribution is 7.43. The molecule has 0 radical (unpaired) electrons. The Kier molecular flexibility index (Phi) is 6.73. The molecule has 140 valence electrons. The first-order chi connectivity index (χ1) is 13.2. The van der Waals surface area contributed by atoms with Gasteiger partial charge in [0.15, 0.2) is 0 Å². The monoisotopic (exact) mass is 380 g/mol. The van der Waals surface area contributed by atoms with Crippen LogP contribution in [-0.4, -0.2) is 0 Å². The molecule has 3 aromatic rings. The maximum atomic E-state index is 6.11. The fourth-order valence-electron chi connectivity index (χ4n) is 2.63. The van der Waals surface area contributed by atoms with Crippen LogP contribution in [0.3, 0.4) is 0 Å². The molecule has 0 amide bonds. The predicted molar refractivity (Wildman–Crippen MR) is 112 cm³/mol. The van der Waals surface area contributed by atoms with Gasteiger partial charge in [-0.15, -0.1) is 0 Å². The van der Waals surface area contributed by atoms with E-state index in [1.807, 2.05) is 74.5 Å². The Morgan fingerprint density at radius 2 is 1.19 bits per heavy atom. The molecule has 0 saturated heterocycles. The molecule has 27 heavy (non-hydrogen) atoms. The molecule has 0 unspecified atom stereocenters. The van der Waals surface area contributed by atoms with Crippen molar-refractivity contribution < 1.29 is 13.6 Å². The Morgan fingerprint density at radius 1 is 0.667 bits per heavy atom. The fraction of sp³-hybridized carbons (Fsp3) is 0.217. The molecule has 3 nitrogen and oxygen atoms in total. The quantitative estimate of drug-likeness (QED) is 0.393. The first-order valence-corrected chi connectivity index (χ1v) is 10.3. The minimum atomic E-state index is -1.64. The van der Waals surface area contributed by atoms with E-state index in [1.165, 1.54) is 5.56 Å². The van der Waals surface area contributed by atoms with Gasteiger partial charge in [-0.3, -0.25) is 0 Å². The van der Waals surface area contributed by atoms with E-state index in [1.54, 1.807) is 0 Å². The molecule has 0 N–H and O–H groups in total. The van der Waals surface area contributed by atoms with Crippen molar-refractivity contribution in [3.63, 3.8) is 0 Å². The van der Waals surface area contributed by atoms with E-state index in [4.69, 9.17) is 13.6 Å². The van der Waals surface area contributed by atoms with Crippen molar-refractivity contribution in [2.45, 2.75) is 33.6 Å².